The lowest BCUT2D eigenvalue weighted by Crippen LogP contribution is -2.38. The summed E-state index contributed by atoms with van der Waals surface area (Å²) in [4.78, 5) is 11.9. The van der Waals surface area contributed by atoms with Gasteiger partial charge in [-0.15, -0.1) is 12.4 Å². The van der Waals surface area contributed by atoms with Gasteiger partial charge in [0.2, 0.25) is 5.91 Å². The summed E-state index contributed by atoms with van der Waals surface area (Å²) in [5.74, 6) is 0.0535. The molecule has 0 spiro atoms. The number of nitrogens with one attached hydrogen (secondary N) is 2. The van der Waals surface area contributed by atoms with Crippen molar-refractivity contribution < 1.29 is 9.53 Å². The van der Waals surface area contributed by atoms with E-state index in [0.717, 1.165) is 19.3 Å². The Kier molecular flexibility index (Phi) is 7.59. The molecule has 0 saturated carbocycles. The molecule has 1 aliphatic carbocycles. The summed E-state index contributed by atoms with van der Waals surface area (Å²) >= 11 is 0. The van der Waals surface area contributed by atoms with Crippen molar-refractivity contribution in [3.05, 3.63) is 35.4 Å². The molecule has 1 atom stereocenters. The van der Waals surface area contributed by atoms with E-state index in [4.69, 9.17) is 4.74 Å². The number of methoxy groups -OCH3 is 1. The molecule has 112 valence electrons. The van der Waals surface area contributed by atoms with E-state index in [9.17, 15) is 4.79 Å². The minimum absolute atomic E-state index is 0. The van der Waals surface area contributed by atoms with E-state index in [1.165, 1.54) is 11.1 Å². The van der Waals surface area contributed by atoms with Crippen molar-refractivity contribution >= 4 is 18.3 Å². The van der Waals surface area contributed by atoms with Crippen LogP contribution in [0.5, 0.6) is 0 Å². The molecule has 0 bridgehead atoms. The third-order valence-electron chi connectivity index (χ3n) is 3.47. The number of benzene rings is 1. The summed E-state index contributed by atoms with van der Waals surface area (Å²) in [6.45, 7) is 1.67. The van der Waals surface area contributed by atoms with Crippen LogP contribution in [0.2, 0.25) is 0 Å². The Morgan fingerprint density at radius 2 is 2.20 bits per heavy atom. The second-order valence-electron chi connectivity index (χ2n) is 4.88. The molecule has 1 unspecified atom stereocenters. The zero-order valence-electron chi connectivity index (χ0n) is 11.9. The highest BCUT2D eigenvalue weighted by atomic mass is 35.5. The molecular weight excluding hydrogens is 276 g/mol. The van der Waals surface area contributed by atoms with Crippen LogP contribution in [0.1, 0.15) is 30.0 Å². The second kappa shape index (κ2) is 8.95. The number of hydrogen-bond donors (Lipinski definition) is 2. The van der Waals surface area contributed by atoms with Crippen molar-refractivity contribution in [2.75, 3.05) is 26.8 Å². The van der Waals surface area contributed by atoms with Gasteiger partial charge in [-0.2, -0.15) is 0 Å². The summed E-state index contributed by atoms with van der Waals surface area (Å²) in [6, 6.07) is 8.55. The van der Waals surface area contributed by atoms with Gasteiger partial charge in [0.15, 0.2) is 0 Å². The van der Waals surface area contributed by atoms with Crippen LogP contribution in [-0.2, 0) is 16.0 Å². The molecule has 1 amide bonds. The number of carbonyl (C=O) groups is 1. The number of hydrogen-bond acceptors (Lipinski definition) is 3. The first-order chi connectivity index (χ1) is 9.31. The van der Waals surface area contributed by atoms with Crippen LogP contribution in [-0.4, -0.2) is 32.7 Å². The van der Waals surface area contributed by atoms with Crippen LogP contribution in [0.15, 0.2) is 24.3 Å². The smallest absolute Gasteiger partial charge is 0.234 e. The second-order valence-corrected chi connectivity index (χ2v) is 4.88. The van der Waals surface area contributed by atoms with Gasteiger partial charge in [0.1, 0.15) is 0 Å². The zero-order valence-corrected chi connectivity index (χ0v) is 12.7. The van der Waals surface area contributed by atoms with Crippen LogP contribution >= 0.6 is 12.4 Å². The lowest BCUT2D eigenvalue weighted by Gasteiger charge is -2.26. The molecule has 0 aromatic heterocycles. The number of rotatable bonds is 6. The fraction of sp³-hybridized carbons (Fsp3) is 0.533. The maximum absolute atomic E-state index is 11.9. The molecule has 1 aromatic carbocycles. The molecule has 0 saturated heterocycles. The monoisotopic (exact) mass is 298 g/mol. The predicted octanol–water partition coefficient (Wildman–Crippen LogP) is 1.84. The van der Waals surface area contributed by atoms with E-state index < -0.39 is 0 Å². The first-order valence-corrected chi connectivity index (χ1v) is 6.88. The van der Waals surface area contributed by atoms with E-state index >= 15 is 0 Å². The number of fused-ring (bicyclic) bond motifs is 1. The van der Waals surface area contributed by atoms with E-state index in [-0.39, 0.29) is 24.4 Å². The van der Waals surface area contributed by atoms with Crippen LogP contribution in [0.3, 0.4) is 0 Å². The molecule has 0 aliphatic heterocycles. The summed E-state index contributed by atoms with van der Waals surface area (Å²) < 4.78 is 4.93. The average molecular weight is 299 g/mol. The number of aryl methyl sites for hydroxylation is 1. The lowest BCUT2D eigenvalue weighted by molar-refractivity contribution is -0.121. The van der Waals surface area contributed by atoms with Crippen molar-refractivity contribution in [3.8, 4) is 0 Å². The highest BCUT2D eigenvalue weighted by molar-refractivity contribution is 5.85. The van der Waals surface area contributed by atoms with Crippen LogP contribution in [0, 0.1) is 0 Å². The molecule has 0 heterocycles. The Morgan fingerprint density at radius 1 is 1.40 bits per heavy atom. The summed E-state index contributed by atoms with van der Waals surface area (Å²) in [5.41, 5.74) is 2.64. The largest absolute Gasteiger partial charge is 0.383 e. The Balaban J connectivity index is 0.00000200. The predicted molar refractivity (Wildman–Crippen MR) is 82.3 cm³/mol. The Bertz CT molecular complexity index is 426. The quantitative estimate of drug-likeness (QED) is 0.788. The first kappa shape index (κ1) is 17.0. The molecule has 0 fully saturated rings. The molecule has 1 aromatic rings. The van der Waals surface area contributed by atoms with Crippen molar-refractivity contribution in [2.24, 2.45) is 0 Å². The van der Waals surface area contributed by atoms with Crippen molar-refractivity contribution in [1.82, 2.24) is 10.6 Å². The molecular formula is C15H23ClN2O2. The van der Waals surface area contributed by atoms with Gasteiger partial charge >= 0.3 is 0 Å². The first-order valence-electron chi connectivity index (χ1n) is 6.88. The van der Waals surface area contributed by atoms with Gasteiger partial charge < -0.3 is 15.4 Å². The molecule has 1 aliphatic rings. The van der Waals surface area contributed by atoms with Crippen LogP contribution in [0.25, 0.3) is 0 Å². The number of carbonyl (C=O) groups excluding carboxylic acids is 1. The van der Waals surface area contributed by atoms with E-state index in [1.807, 2.05) is 6.07 Å². The van der Waals surface area contributed by atoms with Gasteiger partial charge in [-0.25, -0.2) is 0 Å². The molecule has 2 N–H and O–H groups in total. The topological polar surface area (TPSA) is 50.4 Å². The minimum Gasteiger partial charge on any atom is -0.383 e. The molecule has 0 radical (unpaired) electrons. The summed E-state index contributed by atoms with van der Waals surface area (Å²) in [7, 11) is 1.65. The van der Waals surface area contributed by atoms with Crippen molar-refractivity contribution in [2.45, 2.75) is 25.3 Å². The molecule has 20 heavy (non-hydrogen) atoms. The lowest BCUT2D eigenvalue weighted by atomic mass is 9.88. The van der Waals surface area contributed by atoms with E-state index in [1.54, 1.807) is 7.11 Å². The van der Waals surface area contributed by atoms with Crippen molar-refractivity contribution in [1.29, 1.82) is 0 Å². The fourth-order valence-electron chi connectivity index (χ4n) is 2.53. The Labute approximate surface area is 126 Å². The van der Waals surface area contributed by atoms with Gasteiger partial charge in [0.25, 0.3) is 0 Å². The highest BCUT2D eigenvalue weighted by Gasteiger charge is 2.20. The molecule has 2 rings (SSSR count). The van der Waals surface area contributed by atoms with Gasteiger partial charge in [-0.3, -0.25) is 4.79 Å². The van der Waals surface area contributed by atoms with E-state index in [0.29, 0.717) is 19.7 Å². The maximum atomic E-state index is 11.9. The van der Waals surface area contributed by atoms with E-state index in [2.05, 4.69) is 28.8 Å². The van der Waals surface area contributed by atoms with Gasteiger partial charge in [0, 0.05) is 13.7 Å². The van der Waals surface area contributed by atoms with Gasteiger partial charge in [-0.05, 0) is 30.4 Å². The minimum atomic E-state index is 0. The Hall–Kier alpha value is -1.10. The third kappa shape index (κ3) is 4.78. The molecule has 5 heteroatoms. The average Bonchev–Trinajstić information content (AvgIpc) is 2.44. The SMILES string of the molecule is COCCNCC(=O)NC1CCCc2ccccc21.Cl. The van der Waals surface area contributed by atoms with Crippen LogP contribution in [0.4, 0.5) is 0 Å². The van der Waals surface area contributed by atoms with Gasteiger partial charge in [-0.1, -0.05) is 24.3 Å². The maximum Gasteiger partial charge on any atom is 0.234 e. The standard InChI is InChI=1S/C15H22N2O2.ClH/c1-19-10-9-16-11-15(18)17-14-8-4-6-12-5-2-3-7-13(12)14;/h2-3,5,7,14,16H,4,6,8-11H2,1H3,(H,17,18);1H. The van der Waals surface area contributed by atoms with Crippen molar-refractivity contribution in [3.63, 3.8) is 0 Å². The molecule has 4 nitrogen and oxygen atoms in total. The normalized spacial score (nSPS) is 16.9. The zero-order chi connectivity index (χ0) is 13.5. The fourth-order valence-corrected chi connectivity index (χ4v) is 2.53. The number of halogens is 1. The number of amides is 1. The van der Waals surface area contributed by atoms with Gasteiger partial charge in [0.05, 0.1) is 19.2 Å². The summed E-state index contributed by atoms with van der Waals surface area (Å²) in [5, 5.41) is 6.17. The third-order valence-corrected chi connectivity index (χ3v) is 3.47. The highest BCUT2D eigenvalue weighted by Crippen LogP contribution is 2.29. The van der Waals surface area contributed by atoms with Crippen LogP contribution < -0.4 is 10.6 Å². The Morgan fingerprint density at radius 3 is 3.00 bits per heavy atom. The summed E-state index contributed by atoms with van der Waals surface area (Å²) in [6.07, 6.45) is 3.29. The number of ether oxygens (including phenoxy) is 1.